The molecule has 162 valence electrons. The van der Waals surface area contributed by atoms with Gasteiger partial charge in [0.25, 0.3) is 5.91 Å². The molecule has 0 spiro atoms. The number of nitrogens with zero attached hydrogens (tertiary/aromatic N) is 6. The van der Waals surface area contributed by atoms with Crippen molar-refractivity contribution in [3.05, 3.63) is 65.8 Å². The first-order valence-electron chi connectivity index (χ1n) is 9.74. The number of hydrogen-bond acceptors (Lipinski definition) is 7. The number of aromatic nitrogens is 5. The zero-order valence-corrected chi connectivity index (χ0v) is 18.7. The monoisotopic (exact) mass is 438 g/mol. The Hall–Kier alpha value is -3.40. The average molecular weight is 439 g/mol. The van der Waals surface area contributed by atoms with Gasteiger partial charge in [-0.3, -0.25) is 9.48 Å². The minimum absolute atomic E-state index is 0.171. The standard InChI is InChI=1S/C21H26N8OS/c1-5-10-29-19(12-22-18-8-6-15(2)7-9-18)24-26-21(29)31-14-20(30)25-23-11-17-13-28(4)27-16(17)3/h5-9,11,13,22H,1,10,12,14H2,2-4H3,(H,25,30)/b23-11+. The molecule has 0 bridgehead atoms. The number of rotatable bonds is 10. The van der Waals surface area contributed by atoms with Crippen LogP contribution in [-0.2, 0) is 24.9 Å². The maximum Gasteiger partial charge on any atom is 0.250 e. The van der Waals surface area contributed by atoms with Gasteiger partial charge < -0.3 is 9.88 Å². The van der Waals surface area contributed by atoms with Crippen molar-refractivity contribution in [2.45, 2.75) is 32.1 Å². The molecular weight excluding hydrogens is 412 g/mol. The summed E-state index contributed by atoms with van der Waals surface area (Å²) in [6, 6.07) is 8.15. The number of allylic oxidation sites excluding steroid dienone is 1. The Kier molecular flexibility index (Phi) is 7.60. The molecule has 0 aliphatic rings. The van der Waals surface area contributed by atoms with Gasteiger partial charge in [-0.1, -0.05) is 35.5 Å². The molecule has 2 heterocycles. The van der Waals surface area contributed by atoms with Crippen molar-refractivity contribution >= 4 is 29.6 Å². The number of anilines is 1. The Labute approximate surface area is 185 Å². The van der Waals surface area contributed by atoms with Crippen molar-refractivity contribution in [1.82, 2.24) is 30.0 Å². The number of amides is 1. The third-order valence-corrected chi connectivity index (χ3v) is 5.35. The summed E-state index contributed by atoms with van der Waals surface area (Å²) in [7, 11) is 1.84. The summed E-state index contributed by atoms with van der Waals surface area (Å²) in [6.07, 6.45) is 5.20. The van der Waals surface area contributed by atoms with Crippen LogP contribution >= 0.6 is 11.8 Å². The van der Waals surface area contributed by atoms with Crippen LogP contribution in [0.4, 0.5) is 5.69 Å². The zero-order chi connectivity index (χ0) is 22.2. The summed E-state index contributed by atoms with van der Waals surface area (Å²) in [5, 5.41) is 20.7. The summed E-state index contributed by atoms with van der Waals surface area (Å²) < 4.78 is 3.64. The molecule has 2 N–H and O–H groups in total. The zero-order valence-electron chi connectivity index (χ0n) is 17.9. The predicted molar refractivity (Wildman–Crippen MR) is 123 cm³/mol. The van der Waals surface area contributed by atoms with Gasteiger partial charge in [-0.15, -0.1) is 16.8 Å². The molecule has 0 aliphatic carbocycles. The molecule has 0 unspecified atom stereocenters. The second-order valence-corrected chi connectivity index (χ2v) is 7.89. The second kappa shape index (κ2) is 10.6. The van der Waals surface area contributed by atoms with Gasteiger partial charge in [0, 0.05) is 31.0 Å². The summed E-state index contributed by atoms with van der Waals surface area (Å²) in [5.74, 6) is 0.716. The lowest BCUT2D eigenvalue weighted by molar-refractivity contribution is -0.118. The largest absolute Gasteiger partial charge is 0.378 e. The Bertz CT molecular complexity index is 1070. The van der Waals surface area contributed by atoms with Gasteiger partial charge in [-0.05, 0) is 26.0 Å². The van der Waals surface area contributed by atoms with E-state index in [2.05, 4.69) is 56.8 Å². The predicted octanol–water partition coefficient (Wildman–Crippen LogP) is 2.67. The minimum atomic E-state index is -0.227. The summed E-state index contributed by atoms with van der Waals surface area (Å²) >= 11 is 1.30. The van der Waals surface area contributed by atoms with E-state index in [0.29, 0.717) is 18.2 Å². The molecule has 3 rings (SSSR count). The lowest BCUT2D eigenvalue weighted by Crippen LogP contribution is -2.20. The number of hydrazone groups is 1. The van der Waals surface area contributed by atoms with Gasteiger partial charge >= 0.3 is 0 Å². The van der Waals surface area contributed by atoms with Crippen LogP contribution in [0.3, 0.4) is 0 Å². The number of benzene rings is 1. The lowest BCUT2D eigenvalue weighted by atomic mass is 10.2. The second-order valence-electron chi connectivity index (χ2n) is 6.94. The smallest absolute Gasteiger partial charge is 0.250 e. The molecule has 0 aliphatic heterocycles. The van der Waals surface area contributed by atoms with E-state index < -0.39 is 0 Å². The minimum Gasteiger partial charge on any atom is -0.378 e. The van der Waals surface area contributed by atoms with E-state index in [9.17, 15) is 4.79 Å². The third kappa shape index (κ3) is 6.29. The molecule has 10 heteroatoms. The van der Waals surface area contributed by atoms with Gasteiger partial charge in [0.15, 0.2) is 11.0 Å². The fourth-order valence-electron chi connectivity index (χ4n) is 2.80. The highest BCUT2D eigenvalue weighted by Crippen LogP contribution is 2.18. The van der Waals surface area contributed by atoms with Crippen LogP contribution in [0.25, 0.3) is 0 Å². The Morgan fingerprint density at radius 3 is 2.71 bits per heavy atom. The summed E-state index contributed by atoms with van der Waals surface area (Å²) in [6.45, 7) is 8.82. The van der Waals surface area contributed by atoms with Gasteiger partial charge in [-0.25, -0.2) is 5.43 Å². The van der Waals surface area contributed by atoms with Crippen LogP contribution in [0.5, 0.6) is 0 Å². The molecule has 0 radical (unpaired) electrons. The SMILES string of the molecule is C=CCn1c(CNc2ccc(C)cc2)nnc1SCC(=O)N/N=C/c1cn(C)nc1C. The molecule has 1 amide bonds. The van der Waals surface area contributed by atoms with Gasteiger partial charge in [-0.2, -0.15) is 10.2 Å². The van der Waals surface area contributed by atoms with Gasteiger partial charge in [0.2, 0.25) is 0 Å². The van der Waals surface area contributed by atoms with Crippen molar-refractivity contribution in [3.63, 3.8) is 0 Å². The van der Waals surface area contributed by atoms with Crippen LogP contribution in [-0.4, -0.2) is 42.4 Å². The van der Waals surface area contributed by atoms with Gasteiger partial charge in [0.05, 0.1) is 24.2 Å². The molecule has 3 aromatic rings. The molecule has 31 heavy (non-hydrogen) atoms. The molecule has 2 aromatic heterocycles. The topological polar surface area (TPSA) is 102 Å². The normalized spacial score (nSPS) is 11.1. The van der Waals surface area contributed by atoms with Crippen LogP contribution in [0.15, 0.2) is 53.4 Å². The number of nitrogens with one attached hydrogen (secondary N) is 2. The molecule has 0 fully saturated rings. The molecule has 0 saturated heterocycles. The summed E-state index contributed by atoms with van der Waals surface area (Å²) in [5.41, 5.74) is 6.44. The molecule has 1 aromatic carbocycles. The van der Waals surface area contributed by atoms with Crippen molar-refractivity contribution < 1.29 is 4.79 Å². The highest BCUT2D eigenvalue weighted by Gasteiger charge is 2.13. The molecule has 9 nitrogen and oxygen atoms in total. The lowest BCUT2D eigenvalue weighted by Gasteiger charge is -2.09. The maximum absolute atomic E-state index is 12.2. The number of carbonyl (C=O) groups excluding carboxylic acids is 1. The van der Waals surface area contributed by atoms with Crippen molar-refractivity contribution in [1.29, 1.82) is 0 Å². The van der Waals surface area contributed by atoms with E-state index in [1.165, 1.54) is 17.3 Å². The molecular formula is C21H26N8OS. The van der Waals surface area contributed by atoms with Crippen molar-refractivity contribution in [2.75, 3.05) is 11.1 Å². The van der Waals surface area contributed by atoms with Crippen molar-refractivity contribution in [3.8, 4) is 0 Å². The fraction of sp³-hybridized carbons (Fsp3) is 0.286. The number of thioether (sulfide) groups is 1. The molecule has 0 atom stereocenters. The number of hydrogen-bond donors (Lipinski definition) is 2. The van der Waals surface area contributed by atoms with E-state index in [1.54, 1.807) is 17.0 Å². The van der Waals surface area contributed by atoms with Crippen LogP contribution in [0, 0.1) is 13.8 Å². The fourth-order valence-corrected chi connectivity index (χ4v) is 3.56. The third-order valence-electron chi connectivity index (χ3n) is 4.38. The Balaban J connectivity index is 1.55. The van der Waals surface area contributed by atoms with E-state index >= 15 is 0 Å². The quantitative estimate of drug-likeness (QED) is 0.218. The molecule has 0 saturated carbocycles. The average Bonchev–Trinajstić information content (AvgIpc) is 3.28. The van der Waals surface area contributed by atoms with Crippen LogP contribution in [0.2, 0.25) is 0 Å². The number of aryl methyl sites for hydroxylation is 3. The van der Waals surface area contributed by atoms with E-state index in [0.717, 1.165) is 22.8 Å². The summed E-state index contributed by atoms with van der Waals surface area (Å²) in [4.78, 5) is 12.2. The van der Waals surface area contributed by atoms with Crippen LogP contribution in [0.1, 0.15) is 22.6 Å². The Morgan fingerprint density at radius 1 is 1.26 bits per heavy atom. The Morgan fingerprint density at radius 2 is 2.03 bits per heavy atom. The van der Waals surface area contributed by atoms with E-state index in [1.807, 2.05) is 36.9 Å². The van der Waals surface area contributed by atoms with Crippen molar-refractivity contribution in [2.24, 2.45) is 12.1 Å². The maximum atomic E-state index is 12.2. The van der Waals surface area contributed by atoms with E-state index in [4.69, 9.17) is 0 Å². The highest BCUT2D eigenvalue weighted by atomic mass is 32.2. The number of carbonyl (C=O) groups is 1. The van der Waals surface area contributed by atoms with Gasteiger partial charge in [0.1, 0.15) is 0 Å². The first-order valence-corrected chi connectivity index (χ1v) is 10.7. The highest BCUT2D eigenvalue weighted by molar-refractivity contribution is 7.99. The van der Waals surface area contributed by atoms with Crippen LogP contribution < -0.4 is 10.7 Å². The first kappa shape index (κ1) is 22.3. The first-order chi connectivity index (χ1) is 15.0. The van der Waals surface area contributed by atoms with E-state index in [-0.39, 0.29) is 11.7 Å².